The van der Waals surface area contributed by atoms with Crippen LogP contribution in [0.5, 0.6) is 0 Å². The molecule has 8 heteroatoms. The van der Waals surface area contributed by atoms with E-state index in [1.807, 2.05) is 23.8 Å². The van der Waals surface area contributed by atoms with E-state index in [0.29, 0.717) is 25.8 Å². The predicted molar refractivity (Wildman–Crippen MR) is 111 cm³/mol. The van der Waals surface area contributed by atoms with E-state index in [1.54, 1.807) is 23.1 Å². The van der Waals surface area contributed by atoms with Crippen LogP contribution in [0.25, 0.3) is 0 Å². The number of thioether (sulfide) groups is 1. The molecule has 1 aromatic heterocycles. The summed E-state index contributed by atoms with van der Waals surface area (Å²) < 4.78 is 0. The van der Waals surface area contributed by atoms with E-state index in [1.165, 1.54) is 6.92 Å². The van der Waals surface area contributed by atoms with Gasteiger partial charge in [-0.15, -0.1) is 11.3 Å². The lowest BCUT2D eigenvalue weighted by Crippen LogP contribution is -2.62. The third-order valence-corrected chi connectivity index (χ3v) is 6.33. The first-order valence-corrected chi connectivity index (χ1v) is 11.6. The van der Waals surface area contributed by atoms with Crippen molar-refractivity contribution in [1.82, 2.24) is 16.0 Å². The quantitative estimate of drug-likeness (QED) is 0.582. The molecule has 6 nitrogen and oxygen atoms in total. The number of amides is 3. The summed E-state index contributed by atoms with van der Waals surface area (Å²) in [5, 5.41) is 10.7. The molecule has 0 saturated heterocycles. The molecule has 1 aromatic rings. The average molecular weight is 412 g/mol. The van der Waals surface area contributed by atoms with Gasteiger partial charge in [0.1, 0.15) is 11.6 Å². The van der Waals surface area contributed by atoms with Crippen LogP contribution in [-0.2, 0) is 20.9 Å². The summed E-state index contributed by atoms with van der Waals surface area (Å²) in [6.45, 7) is 1.87. The molecule has 1 fully saturated rings. The number of rotatable bonds is 9. The zero-order valence-electron chi connectivity index (χ0n) is 16.0. The van der Waals surface area contributed by atoms with E-state index < -0.39 is 11.6 Å². The molecule has 0 bridgehead atoms. The van der Waals surface area contributed by atoms with Crippen molar-refractivity contribution in [2.45, 2.75) is 63.6 Å². The minimum Gasteiger partial charge on any atom is -0.349 e. The monoisotopic (exact) mass is 411 g/mol. The third-order valence-electron chi connectivity index (χ3n) is 4.81. The van der Waals surface area contributed by atoms with Crippen LogP contribution in [0.3, 0.4) is 0 Å². The summed E-state index contributed by atoms with van der Waals surface area (Å²) in [7, 11) is 0. The van der Waals surface area contributed by atoms with Crippen molar-refractivity contribution in [2.24, 2.45) is 0 Å². The Hall–Kier alpha value is -1.54. The van der Waals surface area contributed by atoms with Crippen molar-refractivity contribution in [1.29, 1.82) is 0 Å². The fraction of sp³-hybridized carbons (Fsp3) is 0.632. The smallest absolute Gasteiger partial charge is 0.246 e. The first-order valence-electron chi connectivity index (χ1n) is 9.35. The van der Waals surface area contributed by atoms with Crippen LogP contribution in [0.1, 0.15) is 50.3 Å². The summed E-state index contributed by atoms with van der Waals surface area (Å²) in [5.41, 5.74) is -0.886. The molecule has 2 rings (SSSR count). The van der Waals surface area contributed by atoms with Crippen LogP contribution >= 0.6 is 23.1 Å². The van der Waals surface area contributed by atoms with Gasteiger partial charge in [0.25, 0.3) is 0 Å². The zero-order chi connectivity index (χ0) is 19.7. The Labute approximate surface area is 169 Å². The van der Waals surface area contributed by atoms with Gasteiger partial charge in [-0.25, -0.2) is 0 Å². The Morgan fingerprint density at radius 1 is 1.26 bits per heavy atom. The number of hydrogen-bond acceptors (Lipinski definition) is 5. The maximum Gasteiger partial charge on any atom is 0.246 e. The van der Waals surface area contributed by atoms with E-state index in [4.69, 9.17) is 0 Å². The van der Waals surface area contributed by atoms with Crippen molar-refractivity contribution < 1.29 is 14.4 Å². The highest BCUT2D eigenvalue weighted by atomic mass is 32.2. The highest BCUT2D eigenvalue weighted by Crippen LogP contribution is 2.29. The molecular formula is C19H29N3O3S2. The van der Waals surface area contributed by atoms with Crippen LogP contribution in [0.15, 0.2) is 17.5 Å². The van der Waals surface area contributed by atoms with E-state index in [0.717, 1.165) is 29.9 Å². The van der Waals surface area contributed by atoms with Gasteiger partial charge in [-0.05, 0) is 42.7 Å². The van der Waals surface area contributed by atoms with Crippen LogP contribution in [0.2, 0.25) is 0 Å². The van der Waals surface area contributed by atoms with E-state index in [2.05, 4.69) is 16.0 Å². The second-order valence-corrected chi connectivity index (χ2v) is 8.95. The average Bonchev–Trinajstić information content (AvgIpc) is 3.17. The van der Waals surface area contributed by atoms with Crippen LogP contribution in [0.4, 0.5) is 0 Å². The summed E-state index contributed by atoms with van der Waals surface area (Å²) in [6, 6.07) is 3.32. The standard InChI is InChI=1S/C19H29N3O3S2/c1-14(23)21-16(8-12-26-2)17(24)22-19(9-4-3-5-10-19)18(25)20-13-15-7-6-11-27-15/h6-7,11,16H,3-5,8-10,12-13H2,1-2H3,(H,20,25)(H,21,23)(H,22,24)/t16-/m0/s1. The summed E-state index contributed by atoms with van der Waals surface area (Å²) in [6.07, 6.45) is 6.64. The maximum atomic E-state index is 13.0. The largest absolute Gasteiger partial charge is 0.349 e. The zero-order valence-corrected chi connectivity index (χ0v) is 17.6. The highest BCUT2D eigenvalue weighted by molar-refractivity contribution is 7.98. The van der Waals surface area contributed by atoms with Crippen molar-refractivity contribution >= 4 is 40.8 Å². The first-order chi connectivity index (χ1) is 13.0. The Morgan fingerprint density at radius 2 is 2.00 bits per heavy atom. The molecule has 0 unspecified atom stereocenters. The number of thiophene rings is 1. The Morgan fingerprint density at radius 3 is 2.59 bits per heavy atom. The van der Waals surface area contributed by atoms with Crippen molar-refractivity contribution in [2.75, 3.05) is 12.0 Å². The topological polar surface area (TPSA) is 87.3 Å². The predicted octanol–water partition coefficient (Wildman–Crippen LogP) is 2.44. The van der Waals surface area contributed by atoms with Crippen molar-refractivity contribution in [3.63, 3.8) is 0 Å². The summed E-state index contributed by atoms with van der Waals surface area (Å²) in [5.74, 6) is 0.120. The van der Waals surface area contributed by atoms with Gasteiger partial charge in [0, 0.05) is 11.8 Å². The molecule has 150 valence electrons. The molecule has 1 aliphatic rings. The van der Waals surface area contributed by atoms with Gasteiger partial charge in [0.15, 0.2) is 0 Å². The van der Waals surface area contributed by atoms with Gasteiger partial charge < -0.3 is 16.0 Å². The molecular weight excluding hydrogens is 382 g/mol. The maximum absolute atomic E-state index is 13.0. The molecule has 3 amide bonds. The molecule has 1 aliphatic carbocycles. The normalized spacial score (nSPS) is 17.0. The molecule has 27 heavy (non-hydrogen) atoms. The molecule has 0 radical (unpaired) electrons. The van der Waals surface area contributed by atoms with Gasteiger partial charge in [-0.3, -0.25) is 14.4 Å². The molecule has 1 saturated carbocycles. The van der Waals surface area contributed by atoms with Gasteiger partial charge in [0.2, 0.25) is 17.7 Å². The first kappa shape index (κ1) is 21.8. The molecule has 0 aromatic carbocycles. The number of carbonyl (C=O) groups is 3. The van der Waals surface area contributed by atoms with Gasteiger partial charge in [0.05, 0.1) is 6.54 Å². The fourth-order valence-electron chi connectivity index (χ4n) is 3.39. The molecule has 1 heterocycles. The van der Waals surface area contributed by atoms with E-state index in [9.17, 15) is 14.4 Å². The fourth-order valence-corrected chi connectivity index (χ4v) is 4.50. The lowest BCUT2D eigenvalue weighted by atomic mass is 9.80. The van der Waals surface area contributed by atoms with Crippen LogP contribution < -0.4 is 16.0 Å². The molecule has 1 atom stereocenters. The number of hydrogen-bond donors (Lipinski definition) is 3. The SMILES string of the molecule is CSCC[C@H](NC(C)=O)C(=O)NC1(C(=O)NCc2cccs2)CCCCC1. The van der Waals surface area contributed by atoms with Gasteiger partial charge >= 0.3 is 0 Å². The van der Waals surface area contributed by atoms with E-state index in [-0.39, 0.29) is 17.7 Å². The Bertz CT molecular complexity index is 628. The lowest BCUT2D eigenvalue weighted by Gasteiger charge is -2.37. The molecule has 0 aliphatic heterocycles. The molecule has 0 spiro atoms. The Kier molecular flexibility index (Phi) is 8.63. The lowest BCUT2D eigenvalue weighted by molar-refractivity contribution is -0.136. The summed E-state index contributed by atoms with van der Waals surface area (Å²) >= 11 is 3.22. The summed E-state index contributed by atoms with van der Waals surface area (Å²) in [4.78, 5) is 38.4. The minimum absolute atomic E-state index is 0.129. The Balaban J connectivity index is 2.07. The highest BCUT2D eigenvalue weighted by Gasteiger charge is 2.41. The van der Waals surface area contributed by atoms with Gasteiger partial charge in [-0.1, -0.05) is 25.3 Å². The molecule has 3 N–H and O–H groups in total. The number of nitrogens with one attached hydrogen (secondary N) is 3. The van der Waals surface area contributed by atoms with Crippen LogP contribution in [0, 0.1) is 0 Å². The van der Waals surface area contributed by atoms with Crippen molar-refractivity contribution in [3.8, 4) is 0 Å². The second kappa shape index (κ2) is 10.7. The minimum atomic E-state index is -0.886. The van der Waals surface area contributed by atoms with Crippen molar-refractivity contribution in [3.05, 3.63) is 22.4 Å². The third kappa shape index (κ3) is 6.53. The van der Waals surface area contributed by atoms with Gasteiger partial charge in [-0.2, -0.15) is 11.8 Å². The van der Waals surface area contributed by atoms with E-state index >= 15 is 0 Å². The second-order valence-electron chi connectivity index (χ2n) is 6.93. The number of carbonyl (C=O) groups excluding carboxylic acids is 3. The van der Waals surface area contributed by atoms with Crippen LogP contribution in [-0.4, -0.2) is 41.3 Å².